The van der Waals surface area contributed by atoms with E-state index in [2.05, 4.69) is 5.32 Å². The van der Waals surface area contributed by atoms with Gasteiger partial charge in [-0.2, -0.15) is 0 Å². The first kappa shape index (κ1) is 33.7. The third-order valence-corrected chi connectivity index (χ3v) is 8.71. The lowest BCUT2D eigenvalue weighted by atomic mass is 10.0. The maximum absolute atomic E-state index is 13.9. The molecule has 0 spiro atoms. The fraction of sp³-hybridized carbons (Fsp3) is 0.355. The van der Waals surface area contributed by atoms with Gasteiger partial charge in [-0.25, -0.2) is 8.42 Å². The Labute approximate surface area is 263 Å². The predicted octanol–water partition coefficient (Wildman–Crippen LogP) is 6.61. The number of benzene rings is 3. The summed E-state index contributed by atoms with van der Waals surface area (Å²) in [4.78, 5) is 29.0. The molecule has 1 atom stereocenters. The standard InChI is InChI=1S/C31H36Cl3N3O4S/c1-22(2)20-35-31(39)29(18-23-9-5-4-6-10-23)36(21-24-14-15-27(33)28(34)17-24)30(38)13-8-16-37(42(3,40)41)26-12-7-11-25(32)19-26/h4-7,9-12,14-15,17,19,22,29H,8,13,16,18,20-21H2,1-3H3,(H,35,39)/t29-/m0/s1. The highest BCUT2D eigenvalue weighted by Crippen LogP contribution is 2.26. The Morgan fingerprint density at radius 3 is 2.21 bits per heavy atom. The number of carbonyl (C=O) groups is 2. The predicted molar refractivity (Wildman–Crippen MR) is 172 cm³/mol. The Morgan fingerprint density at radius 2 is 1.60 bits per heavy atom. The summed E-state index contributed by atoms with van der Waals surface area (Å²) in [5.74, 6) is -0.335. The van der Waals surface area contributed by atoms with Gasteiger partial charge in [-0.05, 0) is 53.8 Å². The summed E-state index contributed by atoms with van der Waals surface area (Å²) >= 11 is 18.5. The maximum Gasteiger partial charge on any atom is 0.243 e. The zero-order valence-corrected chi connectivity index (χ0v) is 27.0. The Morgan fingerprint density at radius 1 is 0.881 bits per heavy atom. The summed E-state index contributed by atoms with van der Waals surface area (Å²) < 4.78 is 26.4. The van der Waals surface area contributed by atoms with Crippen LogP contribution in [0.1, 0.15) is 37.8 Å². The SMILES string of the molecule is CC(C)CNC(=O)[C@H](Cc1ccccc1)N(Cc1ccc(Cl)c(Cl)c1)C(=O)CCCN(c1cccc(Cl)c1)S(C)(=O)=O. The van der Waals surface area contributed by atoms with Gasteiger partial charge in [0.1, 0.15) is 6.04 Å². The molecule has 0 radical (unpaired) electrons. The number of nitrogens with one attached hydrogen (secondary N) is 1. The lowest BCUT2D eigenvalue weighted by Crippen LogP contribution is -2.51. The van der Waals surface area contributed by atoms with E-state index >= 15 is 0 Å². The van der Waals surface area contributed by atoms with Crippen LogP contribution in [0.3, 0.4) is 0 Å². The van der Waals surface area contributed by atoms with Crippen molar-refractivity contribution in [3.05, 3.63) is 99.0 Å². The molecule has 3 aromatic carbocycles. The van der Waals surface area contributed by atoms with Gasteiger partial charge in [-0.15, -0.1) is 0 Å². The molecule has 0 bridgehead atoms. The van der Waals surface area contributed by atoms with Crippen LogP contribution in [0, 0.1) is 5.92 Å². The van der Waals surface area contributed by atoms with Crippen LogP contribution in [0.25, 0.3) is 0 Å². The minimum absolute atomic E-state index is 0.0106. The second-order valence-electron chi connectivity index (χ2n) is 10.5. The lowest BCUT2D eigenvalue weighted by Gasteiger charge is -2.32. The normalized spacial score (nSPS) is 12.2. The molecule has 0 heterocycles. The van der Waals surface area contributed by atoms with Gasteiger partial charge in [-0.1, -0.05) is 91.1 Å². The van der Waals surface area contributed by atoms with Gasteiger partial charge < -0.3 is 10.2 Å². The summed E-state index contributed by atoms with van der Waals surface area (Å²) in [6, 6.07) is 20.3. The van der Waals surface area contributed by atoms with Crippen LogP contribution in [0.2, 0.25) is 15.1 Å². The molecular formula is C31H36Cl3N3O4S. The topological polar surface area (TPSA) is 86.8 Å². The van der Waals surface area contributed by atoms with E-state index < -0.39 is 16.1 Å². The van der Waals surface area contributed by atoms with E-state index in [4.69, 9.17) is 34.8 Å². The van der Waals surface area contributed by atoms with Gasteiger partial charge in [0.05, 0.1) is 22.0 Å². The second-order valence-corrected chi connectivity index (χ2v) is 13.7. The van der Waals surface area contributed by atoms with Crippen LogP contribution >= 0.6 is 34.8 Å². The molecule has 7 nitrogen and oxygen atoms in total. The van der Waals surface area contributed by atoms with Crippen molar-refractivity contribution in [1.29, 1.82) is 0 Å². The number of halogens is 3. The Balaban J connectivity index is 1.90. The first-order valence-electron chi connectivity index (χ1n) is 13.6. The number of carbonyl (C=O) groups excluding carboxylic acids is 2. The molecule has 3 aromatic rings. The number of rotatable bonds is 14. The van der Waals surface area contributed by atoms with E-state index in [0.29, 0.717) is 39.3 Å². The van der Waals surface area contributed by atoms with Crippen LogP contribution in [-0.2, 0) is 32.6 Å². The molecule has 1 N–H and O–H groups in total. The third kappa shape index (κ3) is 10.2. The highest BCUT2D eigenvalue weighted by molar-refractivity contribution is 7.92. The number of hydrogen-bond donors (Lipinski definition) is 1. The maximum atomic E-state index is 13.9. The van der Waals surface area contributed by atoms with E-state index in [0.717, 1.165) is 11.8 Å². The molecule has 226 valence electrons. The quantitative estimate of drug-likeness (QED) is 0.213. The van der Waals surface area contributed by atoms with Crippen molar-refractivity contribution in [1.82, 2.24) is 10.2 Å². The monoisotopic (exact) mass is 651 g/mol. The van der Waals surface area contributed by atoms with Crippen LogP contribution < -0.4 is 9.62 Å². The zero-order chi connectivity index (χ0) is 30.9. The first-order valence-corrected chi connectivity index (χ1v) is 16.6. The van der Waals surface area contributed by atoms with Gasteiger partial charge in [0.2, 0.25) is 21.8 Å². The van der Waals surface area contributed by atoms with E-state index in [1.807, 2.05) is 44.2 Å². The fourth-order valence-electron chi connectivity index (χ4n) is 4.45. The summed E-state index contributed by atoms with van der Waals surface area (Å²) in [6.45, 7) is 4.64. The van der Waals surface area contributed by atoms with Crippen molar-refractivity contribution in [2.75, 3.05) is 23.7 Å². The highest BCUT2D eigenvalue weighted by atomic mass is 35.5. The van der Waals surface area contributed by atoms with Crippen LogP contribution in [0.4, 0.5) is 5.69 Å². The van der Waals surface area contributed by atoms with E-state index in [1.165, 1.54) is 4.31 Å². The summed E-state index contributed by atoms with van der Waals surface area (Å²) in [6.07, 6.45) is 1.65. The molecule has 0 unspecified atom stereocenters. The molecule has 42 heavy (non-hydrogen) atoms. The van der Waals surface area contributed by atoms with Gasteiger partial charge in [0.25, 0.3) is 0 Å². The van der Waals surface area contributed by atoms with Crippen molar-refractivity contribution in [2.45, 2.75) is 45.7 Å². The molecule has 0 fully saturated rings. The summed E-state index contributed by atoms with van der Waals surface area (Å²) in [5, 5.41) is 4.12. The number of hydrogen-bond acceptors (Lipinski definition) is 4. The fourth-order valence-corrected chi connectivity index (χ4v) is 5.91. The number of amides is 2. The van der Waals surface area contributed by atoms with Gasteiger partial charge >= 0.3 is 0 Å². The molecule has 0 saturated carbocycles. The van der Waals surface area contributed by atoms with Crippen molar-refractivity contribution in [2.24, 2.45) is 5.92 Å². The van der Waals surface area contributed by atoms with Gasteiger partial charge in [0.15, 0.2) is 0 Å². The van der Waals surface area contributed by atoms with Crippen molar-refractivity contribution < 1.29 is 18.0 Å². The number of nitrogens with zero attached hydrogens (tertiary/aromatic N) is 2. The van der Waals surface area contributed by atoms with Crippen molar-refractivity contribution in [3.8, 4) is 0 Å². The largest absolute Gasteiger partial charge is 0.354 e. The molecule has 0 saturated heterocycles. The van der Waals surface area contributed by atoms with Crippen LogP contribution in [0.5, 0.6) is 0 Å². The minimum atomic E-state index is -3.64. The Kier molecular flexibility index (Phi) is 12.5. The smallest absolute Gasteiger partial charge is 0.243 e. The first-order chi connectivity index (χ1) is 19.8. The van der Waals surface area contributed by atoms with E-state index in [-0.39, 0.29) is 43.7 Å². The molecule has 0 aromatic heterocycles. The minimum Gasteiger partial charge on any atom is -0.354 e. The Bertz CT molecular complexity index is 1470. The zero-order valence-electron chi connectivity index (χ0n) is 23.9. The summed E-state index contributed by atoms with van der Waals surface area (Å²) in [7, 11) is -3.64. The molecule has 2 amide bonds. The molecular weight excluding hydrogens is 617 g/mol. The Hall–Kier alpha value is -2.78. The highest BCUT2D eigenvalue weighted by Gasteiger charge is 2.30. The molecule has 0 aliphatic heterocycles. The molecule has 3 rings (SSSR count). The second kappa shape index (κ2) is 15.6. The van der Waals surface area contributed by atoms with E-state index in [9.17, 15) is 18.0 Å². The average Bonchev–Trinajstić information content (AvgIpc) is 2.93. The van der Waals surface area contributed by atoms with Crippen molar-refractivity contribution in [3.63, 3.8) is 0 Å². The van der Waals surface area contributed by atoms with Crippen LogP contribution in [0.15, 0.2) is 72.8 Å². The van der Waals surface area contributed by atoms with Gasteiger partial charge in [0, 0.05) is 37.5 Å². The number of anilines is 1. The third-order valence-electron chi connectivity index (χ3n) is 6.54. The molecule has 0 aliphatic carbocycles. The average molecular weight is 653 g/mol. The lowest BCUT2D eigenvalue weighted by molar-refractivity contribution is -0.141. The summed E-state index contributed by atoms with van der Waals surface area (Å²) in [5.41, 5.74) is 2.03. The van der Waals surface area contributed by atoms with E-state index in [1.54, 1.807) is 47.4 Å². The van der Waals surface area contributed by atoms with Gasteiger partial charge in [-0.3, -0.25) is 13.9 Å². The van der Waals surface area contributed by atoms with Crippen LogP contribution in [-0.4, -0.2) is 50.5 Å². The van der Waals surface area contributed by atoms with Crippen molar-refractivity contribution >= 4 is 62.3 Å². The molecule has 11 heteroatoms. The molecule has 0 aliphatic rings. The number of sulfonamides is 1.